The minimum atomic E-state index is 0.504. The Bertz CT molecular complexity index is 627. The van der Waals surface area contributed by atoms with Gasteiger partial charge in [0.2, 0.25) is 0 Å². The van der Waals surface area contributed by atoms with Crippen LogP contribution in [0.25, 0.3) is 11.4 Å². The van der Waals surface area contributed by atoms with Crippen molar-refractivity contribution in [3.63, 3.8) is 0 Å². The number of rotatable bonds is 4. The second-order valence-electron chi connectivity index (χ2n) is 4.42. The molecule has 106 valence electrons. The van der Waals surface area contributed by atoms with E-state index in [0.29, 0.717) is 17.4 Å². The van der Waals surface area contributed by atoms with Crippen molar-refractivity contribution in [1.29, 1.82) is 0 Å². The van der Waals surface area contributed by atoms with Gasteiger partial charge in [0.15, 0.2) is 5.82 Å². The van der Waals surface area contributed by atoms with Gasteiger partial charge in [-0.1, -0.05) is 6.92 Å². The summed E-state index contributed by atoms with van der Waals surface area (Å²) in [4.78, 5) is 8.94. The van der Waals surface area contributed by atoms with Crippen molar-refractivity contribution in [2.45, 2.75) is 20.3 Å². The predicted octanol–water partition coefficient (Wildman–Crippen LogP) is 2.61. The Balaban J connectivity index is 2.59. The largest absolute Gasteiger partial charge is 0.497 e. The molecule has 5 nitrogen and oxygen atoms in total. The lowest BCUT2D eigenvalue weighted by molar-refractivity contribution is 0.395. The summed E-state index contributed by atoms with van der Waals surface area (Å²) in [5, 5.41) is 0. The van der Waals surface area contributed by atoms with E-state index < -0.39 is 0 Å². The number of hydrogen-bond donors (Lipinski definition) is 1. The average molecular weight is 273 g/mol. The van der Waals surface area contributed by atoms with Gasteiger partial charge < -0.3 is 15.2 Å². The number of hydrogen-bond acceptors (Lipinski definition) is 5. The molecule has 0 amide bonds. The second-order valence-corrected chi connectivity index (χ2v) is 4.42. The Hall–Kier alpha value is -2.30. The maximum Gasteiger partial charge on any atom is 0.165 e. The normalized spacial score (nSPS) is 10.4. The zero-order valence-corrected chi connectivity index (χ0v) is 12.2. The molecule has 0 saturated carbocycles. The first kappa shape index (κ1) is 14.1. The Kier molecular flexibility index (Phi) is 4.08. The molecule has 0 spiro atoms. The number of nitrogens with two attached hydrogens (primary N) is 1. The van der Waals surface area contributed by atoms with Crippen LogP contribution in [-0.2, 0) is 6.42 Å². The predicted molar refractivity (Wildman–Crippen MR) is 79.1 cm³/mol. The van der Waals surface area contributed by atoms with Crippen LogP contribution in [-0.4, -0.2) is 24.2 Å². The zero-order chi connectivity index (χ0) is 14.7. The molecule has 1 aromatic carbocycles. The highest BCUT2D eigenvalue weighted by Crippen LogP contribution is 2.32. The summed E-state index contributed by atoms with van der Waals surface area (Å²) >= 11 is 0. The highest BCUT2D eigenvalue weighted by molar-refractivity contribution is 5.67. The van der Waals surface area contributed by atoms with Crippen molar-refractivity contribution in [2.24, 2.45) is 0 Å². The quantitative estimate of drug-likeness (QED) is 0.927. The molecule has 1 aromatic heterocycles. The molecule has 2 aromatic rings. The van der Waals surface area contributed by atoms with E-state index in [0.717, 1.165) is 29.0 Å². The van der Waals surface area contributed by atoms with Gasteiger partial charge in [0.25, 0.3) is 0 Å². The number of methoxy groups -OCH3 is 2. The van der Waals surface area contributed by atoms with Crippen LogP contribution in [0.2, 0.25) is 0 Å². The fourth-order valence-corrected chi connectivity index (χ4v) is 2.03. The molecule has 0 aliphatic rings. The van der Waals surface area contributed by atoms with Gasteiger partial charge in [-0.15, -0.1) is 0 Å². The zero-order valence-electron chi connectivity index (χ0n) is 12.2. The van der Waals surface area contributed by atoms with Crippen LogP contribution in [0, 0.1) is 6.92 Å². The monoisotopic (exact) mass is 273 g/mol. The van der Waals surface area contributed by atoms with Gasteiger partial charge in [0, 0.05) is 17.3 Å². The van der Waals surface area contributed by atoms with E-state index in [1.165, 1.54) is 0 Å². The molecule has 0 radical (unpaired) electrons. The molecule has 0 unspecified atom stereocenters. The van der Waals surface area contributed by atoms with Crippen molar-refractivity contribution in [2.75, 3.05) is 20.0 Å². The van der Waals surface area contributed by atoms with Gasteiger partial charge in [-0.05, 0) is 25.5 Å². The van der Waals surface area contributed by atoms with Crippen LogP contribution in [0.5, 0.6) is 11.5 Å². The van der Waals surface area contributed by atoms with Crippen LogP contribution >= 0.6 is 0 Å². The maximum absolute atomic E-state index is 5.97. The first-order valence-corrected chi connectivity index (χ1v) is 6.46. The summed E-state index contributed by atoms with van der Waals surface area (Å²) in [6.45, 7) is 3.98. The number of nitrogen functional groups attached to an aromatic ring is 1. The van der Waals surface area contributed by atoms with E-state index in [4.69, 9.17) is 15.2 Å². The fourth-order valence-electron chi connectivity index (χ4n) is 2.03. The second kappa shape index (κ2) is 5.77. The lowest BCUT2D eigenvalue weighted by Crippen LogP contribution is -2.05. The molecule has 1 heterocycles. The topological polar surface area (TPSA) is 70.3 Å². The van der Waals surface area contributed by atoms with Crippen LogP contribution in [0.1, 0.15) is 18.2 Å². The lowest BCUT2D eigenvalue weighted by Gasteiger charge is -2.12. The lowest BCUT2D eigenvalue weighted by atomic mass is 10.1. The average Bonchev–Trinajstić information content (AvgIpc) is 2.49. The summed E-state index contributed by atoms with van der Waals surface area (Å²) in [7, 11) is 3.22. The van der Waals surface area contributed by atoms with E-state index in [-0.39, 0.29) is 0 Å². The smallest absolute Gasteiger partial charge is 0.165 e. The SMILES string of the molecule is CCc1nc(-c2ccc(OC)cc2OC)nc(N)c1C. The molecule has 0 atom stereocenters. The third kappa shape index (κ3) is 2.52. The first-order valence-electron chi connectivity index (χ1n) is 6.46. The molecule has 0 aliphatic carbocycles. The summed E-state index contributed by atoms with van der Waals surface area (Å²) < 4.78 is 10.6. The van der Waals surface area contributed by atoms with Gasteiger partial charge >= 0.3 is 0 Å². The fraction of sp³-hybridized carbons (Fsp3) is 0.333. The van der Waals surface area contributed by atoms with Crippen molar-refractivity contribution in [3.8, 4) is 22.9 Å². The highest BCUT2D eigenvalue weighted by Gasteiger charge is 2.13. The third-order valence-electron chi connectivity index (χ3n) is 3.27. The number of benzene rings is 1. The van der Waals surface area contributed by atoms with Gasteiger partial charge in [-0.25, -0.2) is 9.97 Å². The van der Waals surface area contributed by atoms with Crippen molar-refractivity contribution in [3.05, 3.63) is 29.5 Å². The molecule has 5 heteroatoms. The number of aryl methyl sites for hydroxylation is 1. The molecule has 2 N–H and O–H groups in total. The Morgan fingerprint density at radius 1 is 1.15 bits per heavy atom. The van der Waals surface area contributed by atoms with Gasteiger partial charge in [0.05, 0.1) is 19.8 Å². The van der Waals surface area contributed by atoms with Gasteiger partial charge in [-0.2, -0.15) is 0 Å². The van der Waals surface area contributed by atoms with Crippen molar-refractivity contribution < 1.29 is 9.47 Å². The van der Waals surface area contributed by atoms with Gasteiger partial charge in [-0.3, -0.25) is 0 Å². The Labute approximate surface area is 118 Å². The number of ether oxygens (including phenoxy) is 2. The molecule has 0 saturated heterocycles. The van der Waals surface area contributed by atoms with E-state index in [2.05, 4.69) is 9.97 Å². The van der Waals surface area contributed by atoms with E-state index >= 15 is 0 Å². The van der Waals surface area contributed by atoms with E-state index in [1.54, 1.807) is 20.3 Å². The summed E-state index contributed by atoms with van der Waals surface area (Å²) in [5.74, 6) is 2.46. The Morgan fingerprint density at radius 2 is 1.90 bits per heavy atom. The van der Waals surface area contributed by atoms with Gasteiger partial charge in [0.1, 0.15) is 17.3 Å². The molecular weight excluding hydrogens is 254 g/mol. The van der Waals surface area contributed by atoms with Crippen LogP contribution in [0.4, 0.5) is 5.82 Å². The summed E-state index contributed by atoms with van der Waals surface area (Å²) in [6, 6.07) is 5.53. The molecular formula is C15H19N3O2. The standard InChI is InChI=1S/C15H19N3O2/c1-5-12-9(2)14(16)18-15(17-12)11-7-6-10(19-3)8-13(11)20-4/h6-8H,5H2,1-4H3,(H2,16,17,18). The molecule has 0 bridgehead atoms. The minimum absolute atomic E-state index is 0.504. The third-order valence-corrected chi connectivity index (χ3v) is 3.27. The first-order chi connectivity index (χ1) is 9.60. The van der Waals surface area contributed by atoms with Crippen molar-refractivity contribution in [1.82, 2.24) is 9.97 Å². The summed E-state index contributed by atoms with van der Waals surface area (Å²) in [6.07, 6.45) is 0.810. The highest BCUT2D eigenvalue weighted by atomic mass is 16.5. The minimum Gasteiger partial charge on any atom is -0.497 e. The summed E-state index contributed by atoms with van der Waals surface area (Å²) in [5.41, 5.74) is 8.65. The number of anilines is 1. The van der Waals surface area contributed by atoms with Crippen LogP contribution in [0.3, 0.4) is 0 Å². The number of nitrogens with zero attached hydrogens (tertiary/aromatic N) is 2. The molecule has 0 fully saturated rings. The molecule has 0 aliphatic heterocycles. The number of aromatic nitrogens is 2. The Morgan fingerprint density at radius 3 is 2.50 bits per heavy atom. The van der Waals surface area contributed by atoms with E-state index in [9.17, 15) is 0 Å². The maximum atomic E-state index is 5.97. The van der Waals surface area contributed by atoms with Crippen molar-refractivity contribution >= 4 is 5.82 Å². The van der Waals surface area contributed by atoms with E-state index in [1.807, 2.05) is 26.0 Å². The molecule has 20 heavy (non-hydrogen) atoms. The van der Waals surface area contributed by atoms with Crippen LogP contribution < -0.4 is 15.2 Å². The molecule has 2 rings (SSSR count). The van der Waals surface area contributed by atoms with Crippen LogP contribution in [0.15, 0.2) is 18.2 Å².